The van der Waals surface area contributed by atoms with Crippen LogP contribution in [0.15, 0.2) is 0 Å². The summed E-state index contributed by atoms with van der Waals surface area (Å²) in [7, 11) is 0. The maximum atomic E-state index is 11.2. The second kappa shape index (κ2) is 4.42. The van der Waals surface area contributed by atoms with Crippen molar-refractivity contribution in [2.24, 2.45) is 5.73 Å². The zero-order valence-electron chi connectivity index (χ0n) is 7.55. The van der Waals surface area contributed by atoms with E-state index in [9.17, 15) is 4.79 Å². The minimum atomic E-state index is 0.168. The van der Waals surface area contributed by atoms with E-state index >= 15 is 0 Å². The van der Waals surface area contributed by atoms with Gasteiger partial charge in [0.2, 0.25) is 5.91 Å². The Morgan fingerprint density at radius 3 is 3.08 bits per heavy atom. The Kier molecular flexibility index (Phi) is 3.49. The van der Waals surface area contributed by atoms with Gasteiger partial charge in [0.25, 0.3) is 0 Å². The molecule has 1 rings (SSSR count). The van der Waals surface area contributed by atoms with E-state index in [-0.39, 0.29) is 11.9 Å². The van der Waals surface area contributed by atoms with Crippen LogP contribution in [-0.2, 0) is 4.79 Å². The van der Waals surface area contributed by atoms with Gasteiger partial charge in [-0.3, -0.25) is 9.80 Å². The first-order valence-corrected chi connectivity index (χ1v) is 4.49. The van der Waals surface area contributed by atoms with E-state index in [0.29, 0.717) is 6.42 Å². The smallest absolute Gasteiger partial charge is 0.236 e. The Morgan fingerprint density at radius 2 is 2.50 bits per heavy atom. The Labute approximate surface area is 73.1 Å². The van der Waals surface area contributed by atoms with E-state index in [1.54, 1.807) is 5.01 Å². The molecule has 0 aromatic carbocycles. The van der Waals surface area contributed by atoms with Gasteiger partial charge in [-0.1, -0.05) is 0 Å². The van der Waals surface area contributed by atoms with E-state index < -0.39 is 0 Å². The molecule has 12 heavy (non-hydrogen) atoms. The normalized spacial score (nSPS) is 21.2. The van der Waals surface area contributed by atoms with Crippen LogP contribution in [0.1, 0.15) is 26.2 Å². The van der Waals surface area contributed by atoms with Crippen LogP contribution in [0.2, 0.25) is 0 Å². The van der Waals surface area contributed by atoms with Gasteiger partial charge in [0.1, 0.15) is 0 Å². The lowest BCUT2D eigenvalue weighted by Crippen LogP contribution is -2.48. The van der Waals surface area contributed by atoms with Crippen LogP contribution >= 0.6 is 0 Å². The minimum absolute atomic E-state index is 0.168. The van der Waals surface area contributed by atoms with E-state index in [2.05, 4.69) is 5.43 Å². The van der Waals surface area contributed by atoms with Crippen molar-refractivity contribution in [2.75, 3.05) is 13.1 Å². The molecule has 0 aromatic heterocycles. The molecule has 70 valence electrons. The van der Waals surface area contributed by atoms with Gasteiger partial charge in [0.05, 0.1) is 0 Å². The number of nitrogens with two attached hydrogens (primary N) is 1. The van der Waals surface area contributed by atoms with Crippen molar-refractivity contribution in [3.05, 3.63) is 0 Å². The summed E-state index contributed by atoms with van der Waals surface area (Å²) in [5, 5.41) is 1.69. The summed E-state index contributed by atoms with van der Waals surface area (Å²) in [6.07, 6.45) is 2.48. The van der Waals surface area contributed by atoms with Gasteiger partial charge < -0.3 is 5.73 Å². The molecule has 1 atom stereocenters. The molecule has 1 heterocycles. The maximum absolute atomic E-state index is 11.2. The topological polar surface area (TPSA) is 58.4 Å². The van der Waals surface area contributed by atoms with Gasteiger partial charge in [-0.2, -0.15) is 0 Å². The summed E-state index contributed by atoms with van der Waals surface area (Å²) >= 11 is 0. The SMILES string of the molecule is CC(N)CCN1NCCCC1=O. The summed E-state index contributed by atoms with van der Waals surface area (Å²) in [5.41, 5.74) is 8.64. The van der Waals surface area contributed by atoms with Crippen LogP contribution in [0, 0.1) is 0 Å². The number of amides is 1. The van der Waals surface area contributed by atoms with Gasteiger partial charge in [-0.15, -0.1) is 0 Å². The number of hydrazine groups is 1. The largest absolute Gasteiger partial charge is 0.328 e. The number of rotatable bonds is 3. The predicted molar refractivity (Wildman–Crippen MR) is 47.2 cm³/mol. The highest BCUT2D eigenvalue weighted by Gasteiger charge is 2.16. The zero-order chi connectivity index (χ0) is 8.97. The molecule has 4 heteroatoms. The third kappa shape index (κ3) is 2.79. The summed E-state index contributed by atoms with van der Waals surface area (Å²) in [6, 6.07) is 0.168. The van der Waals surface area contributed by atoms with Crippen LogP contribution in [0.5, 0.6) is 0 Å². The van der Waals surface area contributed by atoms with Crippen molar-refractivity contribution in [3.8, 4) is 0 Å². The van der Waals surface area contributed by atoms with Crippen molar-refractivity contribution >= 4 is 5.91 Å². The first-order chi connectivity index (χ1) is 5.70. The molecule has 3 N–H and O–H groups in total. The van der Waals surface area contributed by atoms with Crippen LogP contribution in [0.4, 0.5) is 0 Å². The van der Waals surface area contributed by atoms with E-state index in [0.717, 1.165) is 25.9 Å². The third-order valence-corrected chi connectivity index (χ3v) is 1.98. The highest BCUT2D eigenvalue weighted by Crippen LogP contribution is 2.02. The molecule has 1 amide bonds. The van der Waals surface area contributed by atoms with E-state index in [1.807, 2.05) is 6.92 Å². The fourth-order valence-electron chi connectivity index (χ4n) is 1.21. The molecule has 0 aliphatic carbocycles. The first-order valence-electron chi connectivity index (χ1n) is 4.49. The number of nitrogens with one attached hydrogen (secondary N) is 1. The molecule has 1 aliphatic rings. The molecule has 1 saturated heterocycles. The zero-order valence-corrected chi connectivity index (χ0v) is 7.55. The maximum Gasteiger partial charge on any atom is 0.236 e. The Hall–Kier alpha value is -0.610. The van der Waals surface area contributed by atoms with Crippen LogP contribution < -0.4 is 11.2 Å². The lowest BCUT2D eigenvalue weighted by Gasteiger charge is -2.28. The molecule has 1 aliphatic heterocycles. The van der Waals surface area contributed by atoms with Crippen molar-refractivity contribution in [2.45, 2.75) is 32.2 Å². The van der Waals surface area contributed by atoms with Crippen molar-refractivity contribution < 1.29 is 4.79 Å². The average Bonchev–Trinajstić information content (AvgIpc) is 2.03. The monoisotopic (exact) mass is 171 g/mol. The molecular weight excluding hydrogens is 154 g/mol. The Bertz CT molecular complexity index is 158. The fraction of sp³-hybridized carbons (Fsp3) is 0.875. The van der Waals surface area contributed by atoms with Crippen molar-refractivity contribution in [1.82, 2.24) is 10.4 Å². The number of hydrogen-bond donors (Lipinski definition) is 2. The molecule has 0 bridgehead atoms. The van der Waals surface area contributed by atoms with Crippen LogP contribution in [0.3, 0.4) is 0 Å². The molecule has 4 nitrogen and oxygen atoms in total. The molecule has 1 unspecified atom stereocenters. The van der Waals surface area contributed by atoms with Gasteiger partial charge in [-0.25, -0.2) is 5.43 Å². The average molecular weight is 171 g/mol. The second-order valence-electron chi connectivity index (χ2n) is 3.32. The number of nitrogens with zero attached hydrogens (tertiary/aromatic N) is 1. The summed E-state index contributed by atoms with van der Waals surface area (Å²) in [4.78, 5) is 11.2. The van der Waals surface area contributed by atoms with Crippen molar-refractivity contribution in [1.29, 1.82) is 0 Å². The molecule has 0 spiro atoms. The van der Waals surface area contributed by atoms with Gasteiger partial charge in [0.15, 0.2) is 0 Å². The minimum Gasteiger partial charge on any atom is -0.328 e. The standard InChI is InChI=1S/C8H17N3O/c1-7(9)4-6-11-8(12)3-2-5-10-11/h7,10H,2-6,9H2,1H3. The first kappa shape index (κ1) is 9.48. The van der Waals surface area contributed by atoms with Crippen LogP contribution in [-0.4, -0.2) is 30.0 Å². The number of hydrogen-bond acceptors (Lipinski definition) is 3. The fourth-order valence-corrected chi connectivity index (χ4v) is 1.21. The number of carbonyl (C=O) groups excluding carboxylic acids is 1. The summed E-state index contributed by atoms with van der Waals surface area (Å²) < 4.78 is 0. The summed E-state index contributed by atoms with van der Waals surface area (Å²) in [6.45, 7) is 3.59. The van der Waals surface area contributed by atoms with E-state index in [4.69, 9.17) is 5.73 Å². The summed E-state index contributed by atoms with van der Waals surface area (Å²) in [5.74, 6) is 0.196. The van der Waals surface area contributed by atoms with E-state index in [1.165, 1.54) is 0 Å². The van der Waals surface area contributed by atoms with Crippen molar-refractivity contribution in [3.63, 3.8) is 0 Å². The lowest BCUT2D eigenvalue weighted by atomic mass is 10.2. The Balaban J connectivity index is 2.25. The third-order valence-electron chi connectivity index (χ3n) is 1.98. The second-order valence-corrected chi connectivity index (χ2v) is 3.32. The van der Waals surface area contributed by atoms with Gasteiger partial charge in [-0.05, 0) is 19.8 Å². The predicted octanol–water partition coefficient (Wildman–Crippen LogP) is -0.149. The van der Waals surface area contributed by atoms with Gasteiger partial charge in [0, 0.05) is 25.6 Å². The quantitative estimate of drug-likeness (QED) is 0.621. The number of carbonyl (C=O) groups is 1. The van der Waals surface area contributed by atoms with Crippen LogP contribution in [0.25, 0.3) is 0 Å². The molecule has 1 fully saturated rings. The molecular formula is C8H17N3O. The molecule has 0 aromatic rings. The highest BCUT2D eigenvalue weighted by atomic mass is 16.2. The van der Waals surface area contributed by atoms with Gasteiger partial charge >= 0.3 is 0 Å². The highest BCUT2D eigenvalue weighted by molar-refractivity contribution is 5.76. The Morgan fingerprint density at radius 1 is 1.75 bits per heavy atom. The lowest BCUT2D eigenvalue weighted by molar-refractivity contribution is -0.137. The molecule has 0 radical (unpaired) electrons. The molecule has 0 saturated carbocycles.